The Bertz CT molecular complexity index is 1610. The normalized spacial score (nSPS) is 19.6. The summed E-state index contributed by atoms with van der Waals surface area (Å²) in [6.07, 6.45) is 0.273. The van der Waals surface area contributed by atoms with Crippen LogP contribution in [-0.4, -0.2) is 56.7 Å². The van der Waals surface area contributed by atoms with E-state index in [4.69, 9.17) is 0 Å². The van der Waals surface area contributed by atoms with Crippen molar-refractivity contribution in [1.29, 1.82) is 0 Å². The molecule has 2 aliphatic rings. The molecule has 39 heavy (non-hydrogen) atoms. The van der Waals surface area contributed by atoms with Crippen LogP contribution in [0.3, 0.4) is 0 Å². The molecule has 5 rings (SSSR count). The lowest BCUT2D eigenvalue weighted by molar-refractivity contribution is -0.136. The van der Waals surface area contributed by atoms with Crippen LogP contribution in [0.5, 0.6) is 0 Å². The molecule has 0 saturated carbocycles. The van der Waals surface area contributed by atoms with Gasteiger partial charge < -0.3 is 5.32 Å². The second kappa shape index (κ2) is 9.78. The fraction of sp³-hybridized carbons (Fsp3) is 0.296. The zero-order valence-corrected chi connectivity index (χ0v) is 21.6. The number of nitrogens with zero attached hydrogens (tertiary/aromatic N) is 4. The molecule has 0 bridgehead atoms. The molecule has 200 valence electrons. The number of aromatic nitrogens is 2. The number of carbonyl (C=O) groups excluding carboxylic acids is 5. The molecule has 2 aliphatic heterocycles. The van der Waals surface area contributed by atoms with Crippen molar-refractivity contribution in [3.63, 3.8) is 0 Å². The molecule has 2 atom stereocenters. The predicted octanol–water partition coefficient (Wildman–Crippen LogP) is 1.79. The van der Waals surface area contributed by atoms with Crippen LogP contribution < -0.4 is 21.1 Å². The summed E-state index contributed by atoms with van der Waals surface area (Å²) in [7, 11) is 0. The van der Waals surface area contributed by atoms with Crippen LogP contribution in [0.1, 0.15) is 37.2 Å². The first kappa shape index (κ1) is 25.8. The van der Waals surface area contributed by atoms with Crippen molar-refractivity contribution in [3.8, 4) is 0 Å². The first-order valence-corrected chi connectivity index (χ1v) is 12.4. The molecule has 0 aliphatic carbocycles. The van der Waals surface area contributed by atoms with E-state index >= 15 is 0 Å². The van der Waals surface area contributed by atoms with Crippen molar-refractivity contribution in [2.45, 2.75) is 45.7 Å². The number of piperidine rings is 1. The number of rotatable bonds is 5. The number of urea groups is 1. The van der Waals surface area contributed by atoms with Gasteiger partial charge in [0.05, 0.1) is 11.1 Å². The van der Waals surface area contributed by atoms with Crippen LogP contribution in [0, 0.1) is 13.8 Å². The van der Waals surface area contributed by atoms with Crippen LogP contribution >= 0.6 is 0 Å². The summed E-state index contributed by atoms with van der Waals surface area (Å²) in [6, 6.07) is 9.52. The Morgan fingerprint density at radius 3 is 2.46 bits per heavy atom. The van der Waals surface area contributed by atoms with Crippen molar-refractivity contribution < 1.29 is 24.0 Å². The lowest BCUT2D eigenvalue weighted by Gasteiger charge is -2.24. The summed E-state index contributed by atoms with van der Waals surface area (Å²) in [5.41, 5.74) is 1.48. The van der Waals surface area contributed by atoms with Crippen molar-refractivity contribution in [2.75, 3.05) is 16.8 Å². The molecule has 3 heterocycles. The number of fused-ring (bicyclic) bond motifs is 1. The van der Waals surface area contributed by atoms with E-state index in [9.17, 15) is 28.8 Å². The summed E-state index contributed by atoms with van der Waals surface area (Å²) in [5.74, 6) is -1.88. The monoisotopic (exact) mass is 530 g/mol. The van der Waals surface area contributed by atoms with Crippen molar-refractivity contribution in [1.82, 2.24) is 19.8 Å². The summed E-state index contributed by atoms with van der Waals surface area (Å²) < 4.78 is 1.25. The number of nitrogens with one attached hydrogen (secondary N) is 2. The first-order valence-electron chi connectivity index (χ1n) is 12.4. The highest BCUT2D eigenvalue weighted by molar-refractivity contribution is 6.16. The van der Waals surface area contributed by atoms with Crippen molar-refractivity contribution >= 4 is 51.9 Å². The maximum Gasteiger partial charge on any atom is 0.332 e. The van der Waals surface area contributed by atoms with E-state index < -0.39 is 53.8 Å². The number of hydrogen-bond acceptors (Lipinski definition) is 7. The number of amides is 6. The largest absolute Gasteiger partial charge is 0.332 e. The molecule has 3 aromatic rings. The smallest absolute Gasteiger partial charge is 0.323 e. The molecule has 2 unspecified atom stereocenters. The maximum absolute atomic E-state index is 13.3. The van der Waals surface area contributed by atoms with Crippen LogP contribution in [0.2, 0.25) is 0 Å². The van der Waals surface area contributed by atoms with Gasteiger partial charge >= 0.3 is 6.03 Å². The van der Waals surface area contributed by atoms with Crippen molar-refractivity contribution in [2.24, 2.45) is 0 Å². The number of aryl methyl sites for hydroxylation is 2. The summed E-state index contributed by atoms with van der Waals surface area (Å²) in [6.45, 7) is 4.55. The number of carbonyl (C=O) groups is 5. The number of hydrogen-bond donors (Lipinski definition) is 2. The van der Waals surface area contributed by atoms with Gasteiger partial charge in [0.1, 0.15) is 30.0 Å². The zero-order chi connectivity index (χ0) is 28.0. The molecule has 1 aromatic heterocycles. The van der Waals surface area contributed by atoms with Crippen LogP contribution in [0.25, 0.3) is 10.9 Å². The molecule has 2 saturated heterocycles. The van der Waals surface area contributed by atoms with Gasteiger partial charge in [-0.05, 0) is 51.5 Å². The van der Waals surface area contributed by atoms with Gasteiger partial charge in [-0.15, -0.1) is 0 Å². The second-order valence-electron chi connectivity index (χ2n) is 9.64. The lowest BCUT2D eigenvalue weighted by atomic mass is 10.1. The third kappa shape index (κ3) is 4.54. The highest BCUT2D eigenvalue weighted by Crippen LogP contribution is 2.27. The highest BCUT2D eigenvalue weighted by atomic mass is 16.2. The van der Waals surface area contributed by atoms with Gasteiger partial charge in [-0.1, -0.05) is 23.8 Å². The minimum absolute atomic E-state index is 0.102. The Hall–Kier alpha value is -4.87. The number of benzene rings is 2. The van der Waals surface area contributed by atoms with Crippen molar-refractivity contribution in [3.05, 3.63) is 64.2 Å². The van der Waals surface area contributed by atoms with E-state index in [2.05, 4.69) is 15.6 Å². The number of para-hydroxylation sites is 1. The molecule has 12 nitrogen and oxygen atoms in total. The van der Waals surface area contributed by atoms with Gasteiger partial charge in [0.2, 0.25) is 17.7 Å². The summed E-state index contributed by atoms with van der Waals surface area (Å²) in [5, 5.41) is 5.07. The molecule has 0 spiro atoms. The maximum atomic E-state index is 13.3. The Morgan fingerprint density at radius 2 is 1.77 bits per heavy atom. The SMILES string of the molecule is Cc1ccc(N2C(=O)N(CC(=O)Nc3cccc4c(=O)n(C5CCC(=O)NC5=O)c(C)nc34)C(=O)C2C)cc1. The lowest BCUT2D eigenvalue weighted by Crippen LogP contribution is -2.45. The average molecular weight is 531 g/mol. The van der Waals surface area contributed by atoms with Gasteiger partial charge in [0.25, 0.3) is 11.5 Å². The average Bonchev–Trinajstić information content (AvgIpc) is 3.09. The summed E-state index contributed by atoms with van der Waals surface area (Å²) in [4.78, 5) is 82.9. The third-order valence-electron chi connectivity index (χ3n) is 6.96. The van der Waals surface area contributed by atoms with E-state index in [0.717, 1.165) is 10.5 Å². The Kier molecular flexibility index (Phi) is 6.46. The van der Waals surface area contributed by atoms with E-state index in [1.165, 1.54) is 15.5 Å². The Balaban J connectivity index is 1.39. The Morgan fingerprint density at radius 1 is 1.05 bits per heavy atom. The Labute approximate surface area is 222 Å². The molecule has 2 fully saturated rings. The quantitative estimate of drug-likeness (QED) is 0.377. The van der Waals surface area contributed by atoms with E-state index in [1.807, 2.05) is 19.1 Å². The standard InChI is InChI=1S/C27H26N6O6/c1-14-7-9-17(10-8-14)32-15(2)25(37)31(27(32)39)13-22(35)29-19-6-4-5-18-23(19)28-16(3)33(26(18)38)20-11-12-21(34)30-24(20)36/h4-10,15,20H,11-13H2,1-3H3,(H,29,35)(H,30,34,36). The molecule has 12 heteroatoms. The van der Waals surface area contributed by atoms with E-state index in [-0.39, 0.29) is 35.3 Å². The molecule has 0 radical (unpaired) electrons. The number of imide groups is 2. The van der Waals surface area contributed by atoms with Gasteiger partial charge in [0.15, 0.2) is 0 Å². The van der Waals surface area contributed by atoms with Gasteiger partial charge in [-0.25, -0.2) is 9.78 Å². The van der Waals surface area contributed by atoms with Gasteiger partial charge in [0, 0.05) is 12.1 Å². The molecular weight excluding hydrogens is 504 g/mol. The molecule has 6 amide bonds. The third-order valence-corrected chi connectivity index (χ3v) is 6.96. The highest BCUT2D eigenvalue weighted by Gasteiger charge is 2.44. The van der Waals surface area contributed by atoms with E-state index in [1.54, 1.807) is 38.1 Å². The van der Waals surface area contributed by atoms with Crippen LogP contribution in [-0.2, 0) is 19.2 Å². The van der Waals surface area contributed by atoms with Gasteiger partial charge in [-0.3, -0.25) is 43.7 Å². The zero-order valence-electron chi connectivity index (χ0n) is 21.6. The molecular formula is C27H26N6O6. The minimum Gasteiger partial charge on any atom is -0.323 e. The fourth-order valence-corrected chi connectivity index (χ4v) is 4.97. The van der Waals surface area contributed by atoms with Crippen LogP contribution in [0.15, 0.2) is 47.3 Å². The molecule has 2 aromatic carbocycles. The molecule has 2 N–H and O–H groups in total. The van der Waals surface area contributed by atoms with Gasteiger partial charge in [-0.2, -0.15) is 0 Å². The topological polar surface area (TPSA) is 151 Å². The van der Waals surface area contributed by atoms with Crippen LogP contribution in [0.4, 0.5) is 16.2 Å². The van der Waals surface area contributed by atoms with E-state index in [0.29, 0.717) is 5.69 Å². The predicted molar refractivity (Wildman–Crippen MR) is 141 cm³/mol. The summed E-state index contributed by atoms with van der Waals surface area (Å²) >= 11 is 0. The number of anilines is 2. The fourth-order valence-electron chi connectivity index (χ4n) is 4.97. The first-order chi connectivity index (χ1) is 18.6. The second-order valence-corrected chi connectivity index (χ2v) is 9.64. The minimum atomic E-state index is -0.879.